The molecule has 0 saturated heterocycles. The fourth-order valence-electron chi connectivity index (χ4n) is 2.46. The second-order valence-corrected chi connectivity index (χ2v) is 5.97. The van der Waals surface area contributed by atoms with Gasteiger partial charge in [-0.2, -0.15) is 0 Å². The van der Waals surface area contributed by atoms with Crippen molar-refractivity contribution in [1.29, 1.82) is 0 Å². The Hall–Kier alpha value is -1.87. The maximum atomic E-state index is 5.88. The van der Waals surface area contributed by atoms with E-state index >= 15 is 0 Å². The minimum Gasteiger partial charge on any atom is -0.439 e. The van der Waals surface area contributed by atoms with E-state index in [0.29, 0.717) is 5.88 Å². The Bertz CT molecular complexity index is 627. The zero-order valence-electron chi connectivity index (χ0n) is 12.9. The van der Waals surface area contributed by atoms with Gasteiger partial charge in [-0.25, -0.2) is 4.98 Å². The van der Waals surface area contributed by atoms with Crippen LogP contribution < -0.4 is 10.1 Å². The van der Waals surface area contributed by atoms with Crippen LogP contribution in [0.1, 0.15) is 35.2 Å². The normalized spacial score (nSPS) is 14.2. The molecule has 0 radical (unpaired) electrons. The zero-order valence-corrected chi connectivity index (χ0v) is 12.9. The summed E-state index contributed by atoms with van der Waals surface area (Å²) in [6.45, 7) is 7.09. The molecule has 1 N–H and O–H groups in total. The van der Waals surface area contributed by atoms with Crippen molar-refractivity contribution in [3.63, 3.8) is 0 Å². The molecule has 1 aromatic heterocycles. The van der Waals surface area contributed by atoms with Gasteiger partial charge in [-0.1, -0.05) is 12.1 Å². The third-order valence-electron chi connectivity index (χ3n) is 3.75. The predicted octanol–water partition coefficient (Wildman–Crippen LogP) is 4.05. The molecule has 2 aromatic rings. The Morgan fingerprint density at radius 3 is 2.43 bits per heavy atom. The van der Waals surface area contributed by atoms with Gasteiger partial charge in [-0.3, -0.25) is 0 Å². The highest BCUT2D eigenvalue weighted by atomic mass is 16.5. The van der Waals surface area contributed by atoms with Gasteiger partial charge < -0.3 is 10.1 Å². The van der Waals surface area contributed by atoms with Crippen molar-refractivity contribution < 1.29 is 4.74 Å². The first-order valence-electron chi connectivity index (χ1n) is 7.56. The molecule has 1 heterocycles. The summed E-state index contributed by atoms with van der Waals surface area (Å²) in [7, 11) is 0. The van der Waals surface area contributed by atoms with Crippen LogP contribution in [-0.2, 0) is 6.54 Å². The Kier molecular flexibility index (Phi) is 3.93. The number of nitrogens with zero attached hydrogens (tertiary/aromatic N) is 1. The molecule has 1 aliphatic rings. The van der Waals surface area contributed by atoms with Gasteiger partial charge in [-0.15, -0.1) is 0 Å². The number of hydrogen-bond donors (Lipinski definition) is 1. The molecule has 0 bridgehead atoms. The molecule has 3 rings (SSSR count). The molecule has 0 spiro atoms. The van der Waals surface area contributed by atoms with Gasteiger partial charge in [0.1, 0.15) is 5.75 Å². The number of pyridine rings is 1. The summed E-state index contributed by atoms with van der Waals surface area (Å²) in [6.07, 6.45) is 2.61. The van der Waals surface area contributed by atoms with Crippen LogP contribution in [0, 0.1) is 20.8 Å². The molecule has 110 valence electrons. The van der Waals surface area contributed by atoms with E-state index < -0.39 is 0 Å². The lowest BCUT2D eigenvalue weighted by Gasteiger charge is -2.10. The molecule has 3 nitrogen and oxygen atoms in total. The molecule has 21 heavy (non-hydrogen) atoms. The van der Waals surface area contributed by atoms with E-state index in [-0.39, 0.29) is 0 Å². The second kappa shape index (κ2) is 5.86. The van der Waals surface area contributed by atoms with Crippen LogP contribution in [0.25, 0.3) is 0 Å². The highest BCUT2D eigenvalue weighted by Gasteiger charge is 2.20. The smallest absolute Gasteiger partial charge is 0.219 e. The standard InChI is InChI=1S/C18H22N2O/c1-12-8-13(2)10-17(9-12)21-18-7-4-15(14(3)20-18)11-19-16-5-6-16/h4,7-10,16,19H,5-6,11H2,1-3H3. The van der Waals surface area contributed by atoms with Gasteiger partial charge in [0.25, 0.3) is 0 Å². The van der Waals surface area contributed by atoms with E-state index in [1.54, 1.807) is 0 Å². The average molecular weight is 282 g/mol. The lowest BCUT2D eigenvalue weighted by molar-refractivity contribution is 0.460. The van der Waals surface area contributed by atoms with E-state index in [1.807, 2.05) is 25.1 Å². The summed E-state index contributed by atoms with van der Waals surface area (Å²) in [6, 6.07) is 11.0. The fourth-order valence-corrected chi connectivity index (χ4v) is 2.46. The van der Waals surface area contributed by atoms with E-state index in [9.17, 15) is 0 Å². The van der Waals surface area contributed by atoms with Crippen LogP contribution in [-0.4, -0.2) is 11.0 Å². The number of hydrogen-bond acceptors (Lipinski definition) is 3. The third kappa shape index (κ3) is 3.82. The minimum atomic E-state index is 0.660. The van der Waals surface area contributed by atoms with Crippen molar-refractivity contribution in [2.24, 2.45) is 0 Å². The Morgan fingerprint density at radius 1 is 1.10 bits per heavy atom. The molecule has 0 aliphatic heterocycles. The molecule has 1 fully saturated rings. The first-order valence-corrected chi connectivity index (χ1v) is 7.56. The Balaban J connectivity index is 1.71. The fraction of sp³-hybridized carbons (Fsp3) is 0.389. The first-order chi connectivity index (χ1) is 10.1. The maximum absolute atomic E-state index is 5.88. The Morgan fingerprint density at radius 2 is 1.81 bits per heavy atom. The van der Waals surface area contributed by atoms with Crippen LogP contribution >= 0.6 is 0 Å². The van der Waals surface area contributed by atoms with Crippen LogP contribution in [0.5, 0.6) is 11.6 Å². The van der Waals surface area contributed by atoms with Gasteiger partial charge >= 0.3 is 0 Å². The largest absolute Gasteiger partial charge is 0.439 e. The van der Waals surface area contributed by atoms with Crippen molar-refractivity contribution in [1.82, 2.24) is 10.3 Å². The van der Waals surface area contributed by atoms with Crippen molar-refractivity contribution in [3.8, 4) is 11.6 Å². The summed E-state index contributed by atoms with van der Waals surface area (Å²) in [5.41, 5.74) is 4.68. The topological polar surface area (TPSA) is 34.1 Å². The van der Waals surface area contributed by atoms with Crippen molar-refractivity contribution in [3.05, 3.63) is 52.7 Å². The maximum Gasteiger partial charge on any atom is 0.219 e. The van der Waals surface area contributed by atoms with E-state index in [2.05, 4.69) is 36.3 Å². The summed E-state index contributed by atoms with van der Waals surface area (Å²) in [4.78, 5) is 4.56. The van der Waals surface area contributed by atoms with Crippen molar-refractivity contribution in [2.45, 2.75) is 46.2 Å². The van der Waals surface area contributed by atoms with Crippen molar-refractivity contribution >= 4 is 0 Å². The number of benzene rings is 1. The van der Waals surface area contributed by atoms with E-state index in [0.717, 1.165) is 24.0 Å². The van der Waals surface area contributed by atoms with Gasteiger partial charge in [0.2, 0.25) is 5.88 Å². The SMILES string of the molecule is Cc1cc(C)cc(Oc2ccc(CNC3CC3)c(C)n2)c1. The van der Waals surface area contributed by atoms with E-state index in [1.165, 1.54) is 29.5 Å². The first kappa shape index (κ1) is 14.1. The molecular weight excluding hydrogens is 260 g/mol. The number of aryl methyl sites for hydroxylation is 3. The van der Waals surface area contributed by atoms with Crippen LogP contribution in [0.4, 0.5) is 0 Å². The van der Waals surface area contributed by atoms with Crippen LogP contribution in [0.3, 0.4) is 0 Å². The molecular formula is C18H22N2O. The lowest BCUT2D eigenvalue weighted by atomic mass is 10.1. The summed E-state index contributed by atoms with van der Waals surface area (Å²) in [5, 5.41) is 3.52. The number of aromatic nitrogens is 1. The number of nitrogens with one attached hydrogen (secondary N) is 1. The average Bonchev–Trinajstić information content (AvgIpc) is 3.20. The number of rotatable bonds is 5. The molecule has 0 atom stereocenters. The quantitative estimate of drug-likeness (QED) is 0.898. The molecule has 0 unspecified atom stereocenters. The van der Waals surface area contributed by atoms with Gasteiger partial charge in [-0.05, 0) is 62.4 Å². The van der Waals surface area contributed by atoms with Gasteiger partial charge in [0, 0.05) is 24.3 Å². The Labute approximate surface area is 126 Å². The molecule has 0 amide bonds. The monoisotopic (exact) mass is 282 g/mol. The third-order valence-corrected chi connectivity index (χ3v) is 3.75. The highest BCUT2D eigenvalue weighted by molar-refractivity contribution is 5.36. The predicted molar refractivity (Wildman–Crippen MR) is 84.8 cm³/mol. The molecule has 1 saturated carbocycles. The number of ether oxygens (including phenoxy) is 1. The lowest BCUT2D eigenvalue weighted by Crippen LogP contribution is -2.16. The van der Waals surface area contributed by atoms with Gasteiger partial charge in [0.15, 0.2) is 0 Å². The minimum absolute atomic E-state index is 0.660. The zero-order chi connectivity index (χ0) is 14.8. The summed E-state index contributed by atoms with van der Waals surface area (Å²) < 4.78 is 5.88. The van der Waals surface area contributed by atoms with Crippen LogP contribution in [0.15, 0.2) is 30.3 Å². The molecule has 1 aromatic carbocycles. The van der Waals surface area contributed by atoms with Crippen LogP contribution in [0.2, 0.25) is 0 Å². The molecule has 1 aliphatic carbocycles. The molecule has 3 heteroatoms. The summed E-state index contributed by atoms with van der Waals surface area (Å²) >= 11 is 0. The second-order valence-electron chi connectivity index (χ2n) is 5.97. The van der Waals surface area contributed by atoms with Crippen molar-refractivity contribution in [2.75, 3.05) is 0 Å². The highest BCUT2D eigenvalue weighted by Crippen LogP contribution is 2.24. The van der Waals surface area contributed by atoms with Gasteiger partial charge in [0.05, 0.1) is 0 Å². The summed E-state index contributed by atoms with van der Waals surface area (Å²) in [5.74, 6) is 1.51. The van der Waals surface area contributed by atoms with E-state index in [4.69, 9.17) is 4.74 Å².